The lowest BCUT2D eigenvalue weighted by molar-refractivity contribution is 0.0942. The van der Waals surface area contributed by atoms with Gasteiger partial charge in [0.2, 0.25) is 0 Å². The third kappa shape index (κ3) is 1.70. The van der Waals surface area contributed by atoms with Crippen LogP contribution >= 0.6 is 0 Å². The number of alkyl halides is 2. The predicted molar refractivity (Wildman–Crippen MR) is 51.2 cm³/mol. The van der Waals surface area contributed by atoms with Crippen LogP contribution in [0.2, 0.25) is 0 Å². The van der Waals surface area contributed by atoms with Crippen LogP contribution in [0.1, 0.15) is 11.1 Å². The van der Waals surface area contributed by atoms with Gasteiger partial charge in [0.25, 0.3) is 6.43 Å². The van der Waals surface area contributed by atoms with Crippen molar-refractivity contribution >= 4 is 5.69 Å². The molecule has 3 N–H and O–H groups in total. The molecular formula is C10H12F2N2. The van der Waals surface area contributed by atoms with Gasteiger partial charge in [0.15, 0.2) is 0 Å². The molecule has 0 spiro atoms. The zero-order valence-electron chi connectivity index (χ0n) is 7.63. The number of hydrogen-bond donors (Lipinski definition) is 2. The summed E-state index contributed by atoms with van der Waals surface area (Å²) in [6, 6.07) is 4.71. The largest absolute Gasteiger partial charge is 0.399 e. The number of nitrogens with one attached hydrogen (secondary N) is 1. The number of hydrogen-bond acceptors (Lipinski definition) is 2. The van der Waals surface area contributed by atoms with E-state index in [-0.39, 0.29) is 0 Å². The molecule has 76 valence electrons. The van der Waals surface area contributed by atoms with Crippen LogP contribution in [0.4, 0.5) is 14.5 Å². The second-order valence-electron chi connectivity index (χ2n) is 3.55. The van der Waals surface area contributed by atoms with Gasteiger partial charge in [-0.05, 0) is 29.7 Å². The molecule has 0 aromatic heterocycles. The summed E-state index contributed by atoms with van der Waals surface area (Å²) in [7, 11) is 0. The Bertz CT molecular complexity index is 339. The summed E-state index contributed by atoms with van der Waals surface area (Å²) in [6.07, 6.45) is -1.92. The second kappa shape index (κ2) is 3.53. The van der Waals surface area contributed by atoms with Crippen LogP contribution in [0.25, 0.3) is 0 Å². The van der Waals surface area contributed by atoms with Crippen LogP contribution in [0.5, 0.6) is 0 Å². The third-order valence-corrected chi connectivity index (χ3v) is 2.53. The van der Waals surface area contributed by atoms with Crippen LogP contribution in [0.3, 0.4) is 0 Å². The van der Waals surface area contributed by atoms with Gasteiger partial charge in [-0.3, -0.25) is 0 Å². The molecule has 0 fully saturated rings. The van der Waals surface area contributed by atoms with Crippen molar-refractivity contribution in [2.24, 2.45) is 0 Å². The summed E-state index contributed by atoms with van der Waals surface area (Å²) in [4.78, 5) is 0. The predicted octanol–water partition coefficient (Wildman–Crippen LogP) is 1.55. The minimum atomic E-state index is -2.30. The first kappa shape index (κ1) is 9.40. The third-order valence-electron chi connectivity index (χ3n) is 2.53. The molecule has 14 heavy (non-hydrogen) atoms. The van der Waals surface area contributed by atoms with Gasteiger partial charge in [-0.2, -0.15) is 0 Å². The standard InChI is InChI=1S/C10H12F2N2/c11-10(12)9-4-6-1-2-8(13)3-7(6)5-14-9/h1-3,9-10,14H,4-5,13H2. The van der Waals surface area contributed by atoms with E-state index in [2.05, 4.69) is 5.32 Å². The Hall–Kier alpha value is -1.16. The van der Waals surface area contributed by atoms with Gasteiger partial charge in [0.1, 0.15) is 0 Å². The molecule has 0 aliphatic carbocycles. The summed E-state index contributed by atoms with van der Waals surface area (Å²) in [6.45, 7) is 0.482. The summed E-state index contributed by atoms with van der Waals surface area (Å²) >= 11 is 0. The Morgan fingerprint density at radius 2 is 2.14 bits per heavy atom. The van der Waals surface area contributed by atoms with E-state index in [9.17, 15) is 8.78 Å². The zero-order valence-corrected chi connectivity index (χ0v) is 7.63. The van der Waals surface area contributed by atoms with Crippen LogP contribution in [0.15, 0.2) is 18.2 Å². The first-order valence-electron chi connectivity index (χ1n) is 4.55. The second-order valence-corrected chi connectivity index (χ2v) is 3.55. The molecule has 0 saturated carbocycles. The fourth-order valence-corrected chi connectivity index (χ4v) is 1.74. The maximum Gasteiger partial charge on any atom is 0.254 e. The van der Waals surface area contributed by atoms with Crippen molar-refractivity contribution in [3.63, 3.8) is 0 Å². The molecule has 0 saturated heterocycles. The van der Waals surface area contributed by atoms with Crippen LogP contribution in [0, 0.1) is 0 Å². The highest BCUT2D eigenvalue weighted by atomic mass is 19.3. The Kier molecular flexibility index (Phi) is 2.37. The molecule has 1 atom stereocenters. The average molecular weight is 198 g/mol. The fraction of sp³-hybridized carbons (Fsp3) is 0.400. The Balaban J connectivity index is 2.23. The van der Waals surface area contributed by atoms with Crippen molar-refractivity contribution in [2.45, 2.75) is 25.4 Å². The Labute approximate surface area is 81.1 Å². The maximum absolute atomic E-state index is 12.4. The number of nitrogens with two attached hydrogens (primary N) is 1. The molecule has 2 rings (SSSR count). The molecule has 0 radical (unpaired) electrons. The fourth-order valence-electron chi connectivity index (χ4n) is 1.74. The minimum absolute atomic E-state index is 0.382. The van der Waals surface area contributed by atoms with Crippen molar-refractivity contribution < 1.29 is 8.78 Å². The topological polar surface area (TPSA) is 38.0 Å². The molecule has 1 aromatic carbocycles. The van der Waals surface area contributed by atoms with E-state index in [0.29, 0.717) is 18.7 Å². The Morgan fingerprint density at radius 3 is 2.86 bits per heavy atom. The number of benzene rings is 1. The SMILES string of the molecule is Nc1ccc2c(c1)CNC(C(F)F)C2. The highest BCUT2D eigenvalue weighted by Crippen LogP contribution is 2.21. The molecular weight excluding hydrogens is 186 g/mol. The van der Waals surface area contributed by atoms with Crippen LogP contribution in [-0.4, -0.2) is 12.5 Å². The van der Waals surface area contributed by atoms with E-state index in [1.165, 1.54) is 0 Å². The van der Waals surface area contributed by atoms with E-state index in [0.717, 1.165) is 11.1 Å². The molecule has 4 heteroatoms. The van der Waals surface area contributed by atoms with Crippen molar-refractivity contribution in [3.05, 3.63) is 29.3 Å². The number of halogens is 2. The number of fused-ring (bicyclic) bond motifs is 1. The first-order chi connectivity index (χ1) is 6.66. The lowest BCUT2D eigenvalue weighted by atomic mass is 9.95. The number of rotatable bonds is 1. The van der Waals surface area contributed by atoms with E-state index in [4.69, 9.17) is 5.73 Å². The molecule has 0 bridgehead atoms. The van der Waals surface area contributed by atoms with Gasteiger partial charge in [0.05, 0.1) is 6.04 Å². The summed E-state index contributed by atoms with van der Waals surface area (Å²) in [5.41, 5.74) is 8.29. The molecule has 1 aromatic rings. The quantitative estimate of drug-likeness (QED) is 0.672. The summed E-state index contributed by atoms with van der Waals surface area (Å²) < 4.78 is 24.8. The lowest BCUT2D eigenvalue weighted by Crippen LogP contribution is -2.40. The van der Waals surface area contributed by atoms with Gasteiger partial charge in [-0.15, -0.1) is 0 Å². The highest BCUT2D eigenvalue weighted by molar-refractivity contribution is 5.45. The van der Waals surface area contributed by atoms with Crippen LogP contribution < -0.4 is 11.1 Å². The van der Waals surface area contributed by atoms with Gasteiger partial charge in [0, 0.05) is 12.2 Å². The number of anilines is 1. The van der Waals surface area contributed by atoms with Crippen molar-refractivity contribution in [3.8, 4) is 0 Å². The molecule has 1 aliphatic rings. The van der Waals surface area contributed by atoms with Gasteiger partial charge < -0.3 is 11.1 Å². The van der Waals surface area contributed by atoms with Crippen molar-refractivity contribution in [2.75, 3.05) is 5.73 Å². The van der Waals surface area contributed by atoms with E-state index < -0.39 is 12.5 Å². The lowest BCUT2D eigenvalue weighted by Gasteiger charge is -2.25. The molecule has 1 aliphatic heterocycles. The molecule has 1 unspecified atom stereocenters. The van der Waals surface area contributed by atoms with Crippen LogP contribution in [-0.2, 0) is 13.0 Å². The summed E-state index contributed by atoms with van der Waals surface area (Å²) in [5, 5.41) is 2.80. The van der Waals surface area contributed by atoms with E-state index in [1.807, 2.05) is 12.1 Å². The van der Waals surface area contributed by atoms with Gasteiger partial charge in [-0.25, -0.2) is 8.78 Å². The molecule has 2 nitrogen and oxygen atoms in total. The first-order valence-corrected chi connectivity index (χ1v) is 4.55. The number of nitrogen functional groups attached to an aromatic ring is 1. The maximum atomic E-state index is 12.4. The van der Waals surface area contributed by atoms with Gasteiger partial charge >= 0.3 is 0 Å². The van der Waals surface area contributed by atoms with E-state index >= 15 is 0 Å². The van der Waals surface area contributed by atoms with Crippen molar-refractivity contribution in [1.82, 2.24) is 5.32 Å². The van der Waals surface area contributed by atoms with Crippen molar-refractivity contribution in [1.29, 1.82) is 0 Å². The minimum Gasteiger partial charge on any atom is -0.399 e. The van der Waals surface area contributed by atoms with E-state index in [1.54, 1.807) is 6.07 Å². The monoisotopic (exact) mass is 198 g/mol. The Morgan fingerprint density at radius 1 is 1.36 bits per heavy atom. The molecule has 1 heterocycles. The smallest absolute Gasteiger partial charge is 0.254 e. The molecule has 0 amide bonds. The average Bonchev–Trinajstić information content (AvgIpc) is 2.16. The van der Waals surface area contributed by atoms with Gasteiger partial charge in [-0.1, -0.05) is 6.07 Å². The normalized spacial score (nSPS) is 20.9. The highest BCUT2D eigenvalue weighted by Gasteiger charge is 2.25. The summed E-state index contributed by atoms with van der Waals surface area (Å²) in [5.74, 6) is 0. The zero-order chi connectivity index (χ0) is 10.1.